The lowest BCUT2D eigenvalue weighted by molar-refractivity contribution is -0.108. The van der Waals surface area contributed by atoms with E-state index in [4.69, 9.17) is 0 Å². The molecule has 94 valence electrons. The Morgan fingerprint density at radius 3 is 2.79 bits per heavy atom. The second kappa shape index (κ2) is 4.13. The molecule has 2 heterocycles. The van der Waals surface area contributed by atoms with Crippen LogP contribution in [0.4, 0.5) is 0 Å². The van der Waals surface area contributed by atoms with E-state index in [-0.39, 0.29) is 18.1 Å². The molecule has 0 bridgehead atoms. The van der Waals surface area contributed by atoms with Gasteiger partial charge in [0.2, 0.25) is 0 Å². The number of aldehydes is 1. The number of hydrogen-bond donors (Lipinski definition) is 1. The number of rotatable bonds is 2. The van der Waals surface area contributed by atoms with Gasteiger partial charge in [0.15, 0.2) is 11.5 Å². The predicted molar refractivity (Wildman–Crippen MR) is 67.1 cm³/mol. The van der Waals surface area contributed by atoms with Crippen LogP contribution in [0.5, 0.6) is 0 Å². The molecule has 0 spiro atoms. The molecule has 7 nitrogen and oxygen atoms in total. The zero-order chi connectivity index (χ0) is 13.4. The number of aromatic amines is 1. The van der Waals surface area contributed by atoms with Crippen molar-refractivity contribution in [2.75, 3.05) is 0 Å². The molecular formula is C12H8N4O3. The molecule has 0 fully saturated rings. The van der Waals surface area contributed by atoms with Gasteiger partial charge in [-0.1, -0.05) is 12.1 Å². The third-order valence-electron chi connectivity index (χ3n) is 2.77. The zero-order valence-electron chi connectivity index (χ0n) is 9.66. The van der Waals surface area contributed by atoms with Crippen molar-refractivity contribution in [2.24, 2.45) is 0 Å². The van der Waals surface area contributed by atoms with Gasteiger partial charge in [-0.25, -0.2) is 9.78 Å². The van der Waals surface area contributed by atoms with Crippen molar-refractivity contribution in [1.29, 1.82) is 0 Å². The first-order chi connectivity index (χ1) is 9.20. The minimum absolute atomic E-state index is 0.00454. The smallest absolute Gasteiger partial charge is 0.315 e. The summed E-state index contributed by atoms with van der Waals surface area (Å²) in [7, 11) is 0. The molecule has 0 aromatic heterocycles. The Morgan fingerprint density at radius 1 is 1.21 bits per heavy atom. The fourth-order valence-electron chi connectivity index (χ4n) is 2.00. The molecule has 7 heteroatoms. The molecule has 1 aromatic rings. The minimum Gasteiger partial charge on any atom is -0.315 e. The van der Waals surface area contributed by atoms with Crippen molar-refractivity contribution in [2.45, 2.75) is 6.54 Å². The van der Waals surface area contributed by atoms with Crippen LogP contribution in [0.3, 0.4) is 0 Å². The maximum Gasteiger partial charge on any atom is 0.349 e. The number of para-hydroxylation sites is 2. The topological polar surface area (TPSA) is 97.7 Å². The predicted octanol–water partition coefficient (Wildman–Crippen LogP) is -0.217. The Balaban J connectivity index is 2.58. The van der Waals surface area contributed by atoms with E-state index in [2.05, 4.69) is 15.0 Å². The number of nitrogens with zero attached hydrogens (tertiary/aromatic N) is 3. The van der Waals surface area contributed by atoms with E-state index in [9.17, 15) is 14.4 Å². The van der Waals surface area contributed by atoms with E-state index < -0.39 is 11.2 Å². The lowest BCUT2D eigenvalue weighted by Gasteiger charge is -2.13. The van der Waals surface area contributed by atoms with Gasteiger partial charge in [-0.3, -0.25) is 9.78 Å². The summed E-state index contributed by atoms with van der Waals surface area (Å²) in [5.74, 6) is 0.111. The Morgan fingerprint density at radius 2 is 2.00 bits per heavy atom. The lowest BCUT2D eigenvalue weighted by Crippen LogP contribution is -2.29. The summed E-state index contributed by atoms with van der Waals surface area (Å²) >= 11 is 0. The highest BCUT2D eigenvalue weighted by Gasteiger charge is 2.17. The van der Waals surface area contributed by atoms with Gasteiger partial charge in [0.25, 0.3) is 5.56 Å². The van der Waals surface area contributed by atoms with Crippen molar-refractivity contribution in [3.8, 4) is 11.5 Å². The first kappa shape index (κ1) is 11.3. The maximum absolute atomic E-state index is 11.7. The number of fused-ring (bicyclic) bond motifs is 2. The Hall–Kier alpha value is -2.83. The van der Waals surface area contributed by atoms with Crippen LogP contribution in [-0.4, -0.2) is 25.8 Å². The van der Waals surface area contributed by atoms with E-state index in [1.165, 1.54) is 4.57 Å². The molecule has 1 aromatic carbocycles. The number of hydrogen-bond acceptors (Lipinski definition) is 5. The third kappa shape index (κ3) is 1.71. The van der Waals surface area contributed by atoms with Crippen molar-refractivity contribution < 1.29 is 4.79 Å². The van der Waals surface area contributed by atoms with Gasteiger partial charge in [0.1, 0.15) is 6.29 Å². The van der Waals surface area contributed by atoms with Gasteiger partial charge < -0.3 is 9.36 Å². The van der Waals surface area contributed by atoms with Gasteiger partial charge >= 0.3 is 5.69 Å². The van der Waals surface area contributed by atoms with Crippen LogP contribution in [-0.2, 0) is 11.3 Å². The SMILES string of the molecule is O=CCn1c2nc(=O)[nH]c(=O)c-2nc2ccccc21. The number of benzene rings is 1. The van der Waals surface area contributed by atoms with Gasteiger partial charge in [0, 0.05) is 0 Å². The van der Waals surface area contributed by atoms with Crippen molar-refractivity contribution in [1.82, 2.24) is 19.5 Å². The molecule has 0 atom stereocenters. The van der Waals surface area contributed by atoms with Crippen LogP contribution in [0.1, 0.15) is 0 Å². The van der Waals surface area contributed by atoms with Gasteiger partial charge in [-0.2, -0.15) is 4.98 Å². The highest BCUT2D eigenvalue weighted by molar-refractivity contribution is 5.80. The fraction of sp³-hybridized carbons (Fsp3) is 0.0833. The van der Waals surface area contributed by atoms with E-state index in [0.29, 0.717) is 17.3 Å². The number of H-pyrrole nitrogens is 1. The normalized spacial score (nSPS) is 10.9. The van der Waals surface area contributed by atoms with Gasteiger partial charge in [0.05, 0.1) is 17.6 Å². The highest BCUT2D eigenvalue weighted by atomic mass is 16.2. The van der Waals surface area contributed by atoms with Crippen LogP contribution in [0.25, 0.3) is 22.6 Å². The summed E-state index contributed by atoms with van der Waals surface area (Å²) in [5, 5.41) is 0. The standard InChI is InChI=1S/C12H8N4O3/c17-6-5-16-8-4-2-1-3-7(8)13-9-10(16)14-12(19)15-11(9)18/h1-4,6H,5H2,(H,15,18,19). The summed E-state index contributed by atoms with van der Waals surface area (Å²) in [6.45, 7) is -0.00454. The monoisotopic (exact) mass is 256 g/mol. The molecule has 3 rings (SSSR count). The van der Waals surface area contributed by atoms with Crippen LogP contribution < -0.4 is 11.2 Å². The molecule has 19 heavy (non-hydrogen) atoms. The minimum atomic E-state index is -0.755. The van der Waals surface area contributed by atoms with Crippen LogP contribution in [0.2, 0.25) is 0 Å². The largest absolute Gasteiger partial charge is 0.349 e. The molecule has 0 amide bonds. The third-order valence-corrected chi connectivity index (χ3v) is 2.77. The van der Waals surface area contributed by atoms with E-state index in [1.54, 1.807) is 24.3 Å². The summed E-state index contributed by atoms with van der Waals surface area (Å²) in [4.78, 5) is 43.8. The van der Waals surface area contributed by atoms with Crippen molar-refractivity contribution in [3.63, 3.8) is 0 Å². The Kier molecular flexibility index (Phi) is 2.45. The van der Waals surface area contributed by atoms with Crippen molar-refractivity contribution >= 4 is 17.3 Å². The molecular weight excluding hydrogens is 248 g/mol. The van der Waals surface area contributed by atoms with Crippen molar-refractivity contribution in [3.05, 3.63) is 45.1 Å². The summed E-state index contributed by atoms with van der Waals surface area (Å²) < 4.78 is 1.50. The van der Waals surface area contributed by atoms with E-state index in [1.807, 2.05) is 0 Å². The zero-order valence-corrected chi connectivity index (χ0v) is 9.66. The quantitative estimate of drug-likeness (QED) is 0.505. The average Bonchev–Trinajstić information content (AvgIpc) is 2.40. The fourth-order valence-corrected chi connectivity index (χ4v) is 2.00. The average molecular weight is 256 g/mol. The number of carbonyl (C=O) groups is 1. The summed E-state index contributed by atoms with van der Waals surface area (Å²) in [6, 6.07) is 7.03. The first-order valence-electron chi connectivity index (χ1n) is 5.54. The number of nitrogens with one attached hydrogen (secondary N) is 1. The second-order valence-corrected chi connectivity index (χ2v) is 3.92. The maximum atomic E-state index is 11.7. The number of carbonyl (C=O) groups excluding carboxylic acids is 1. The van der Waals surface area contributed by atoms with E-state index >= 15 is 0 Å². The van der Waals surface area contributed by atoms with Crippen LogP contribution in [0.15, 0.2) is 33.9 Å². The molecule has 0 saturated carbocycles. The number of aromatic nitrogens is 4. The van der Waals surface area contributed by atoms with Crippen LogP contribution >= 0.6 is 0 Å². The highest BCUT2D eigenvalue weighted by Crippen LogP contribution is 2.19. The van der Waals surface area contributed by atoms with Crippen LogP contribution in [0, 0.1) is 0 Å². The van der Waals surface area contributed by atoms with Gasteiger partial charge in [-0.05, 0) is 12.1 Å². The molecule has 2 aliphatic heterocycles. The Labute approximate surface area is 105 Å². The second-order valence-electron chi connectivity index (χ2n) is 3.92. The van der Waals surface area contributed by atoms with Gasteiger partial charge in [-0.15, -0.1) is 0 Å². The molecule has 0 radical (unpaired) electrons. The summed E-state index contributed by atoms with van der Waals surface area (Å²) in [6.07, 6.45) is 0.680. The van der Waals surface area contributed by atoms with E-state index in [0.717, 1.165) is 0 Å². The summed E-state index contributed by atoms with van der Waals surface area (Å²) in [5.41, 5.74) is -0.128. The molecule has 0 aliphatic carbocycles. The lowest BCUT2D eigenvalue weighted by atomic mass is 10.2. The molecule has 0 saturated heterocycles. The molecule has 1 N–H and O–H groups in total. The Bertz CT molecular complexity index is 865. The molecule has 2 aliphatic rings. The molecule has 0 unspecified atom stereocenters. The first-order valence-corrected chi connectivity index (χ1v) is 5.54.